The van der Waals surface area contributed by atoms with Crippen molar-refractivity contribution in [1.29, 1.82) is 5.26 Å². The van der Waals surface area contributed by atoms with Crippen LogP contribution in [0.25, 0.3) is 17.0 Å². The molecule has 0 radical (unpaired) electrons. The summed E-state index contributed by atoms with van der Waals surface area (Å²) in [6, 6.07) is 19.8. The van der Waals surface area contributed by atoms with E-state index in [1.54, 1.807) is 12.3 Å². The predicted molar refractivity (Wildman–Crippen MR) is 114 cm³/mol. The number of hydrogen-bond donors (Lipinski definition) is 0. The SMILES string of the molecule is N#Cc1ccc(CN2CCN(C(=O)C=Cc3cccc4cccnc34)CC2)cc1. The molecule has 1 aliphatic heterocycles. The van der Waals surface area contributed by atoms with Crippen molar-refractivity contribution in [2.45, 2.75) is 6.54 Å². The number of benzene rings is 2. The lowest BCUT2D eigenvalue weighted by molar-refractivity contribution is -0.127. The molecule has 2 aromatic carbocycles. The van der Waals surface area contributed by atoms with Gasteiger partial charge in [0.05, 0.1) is 17.1 Å². The number of rotatable bonds is 4. The molecule has 1 aromatic heterocycles. The highest BCUT2D eigenvalue weighted by Crippen LogP contribution is 2.17. The molecular weight excluding hydrogens is 360 g/mol. The van der Waals surface area contributed by atoms with Crippen LogP contribution in [0.3, 0.4) is 0 Å². The maximum atomic E-state index is 12.6. The number of carbonyl (C=O) groups is 1. The number of carbonyl (C=O) groups excluding carboxylic acids is 1. The minimum atomic E-state index is 0.0379. The van der Waals surface area contributed by atoms with Gasteiger partial charge in [-0.1, -0.05) is 36.4 Å². The first-order valence-electron chi connectivity index (χ1n) is 9.75. The Morgan fingerprint density at radius 2 is 1.79 bits per heavy atom. The van der Waals surface area contributed by atoms with Crippen LogP contribution in [0.15, 0.2) is 66.9 Å². The average Bonchev–Trinajstić information content (AvgIpc) is 2.78. The van der Waals surface area contributed by atoms with Gasteiger partial charge in [-0.05, 0) is 29.8 Å². The van der Waals surface area contributed by atoms with E-state index in [0.29, 0.717) is 18.7 Å². The Morgan fingerprint density at radius 3 is 2.55 bits per heavy atom. The van der Waals surface area contributed by atoms with Gasteiger partial charge in [0.2, 0.25) is 5.91 Å². The summed E-state index contributed by atoms with van der Waals surface area (Å²) in [4.78, 5) is 21.3. The van der Waals surface area contributed by atoms with E-state index in [-0.39, 0.29) is 5.91 Å². The second kappa shape index (κ2) is 8.68. The Morgan fingerprint density at radius 1 is 1.03 bits per heavy atom. The summed E-state index contributed by atoms with van der Waals surface area (Å²) >= 11 is 0. The quantitative estimate of drug-likeness (QED) is 0.649. The van der Waals surface area contributed by atoms with E-state index < -0.39 is 0 Å². The molecule has 5 heteroatoms. The van der Waals surface area contributed by atoms with E-state index in [0.717, 1.165) is 36.1 Å². The van der Waals surface area contributed by atoms with Gasteiger partial charge in [-0.15, -0.1) is 0 Å². The molecule has 29 heavy (non-hydrogen) atoms. The molecule has 0 atom stereocenters. The smallest absolute Gasteiger partial charge is 0.246 e. The fourth-order valence-electron chi connectivity index (χ4n) is 3.60. The molecule has 5 nitrogen and oxygen atoms in total. The number of nitriles is 1. The predicted octanol–water partition coefficient (Wildman–Crippen LogP) is 3.46. The Labute approximate surface area is 170 Å². The molecule has 1 saturated heterocycles. The summed E-state index contributed by atoms with van der Waals surface area (Å²) in [6.45, 7) is 3.95. The summed E-state index contributed by atoms with van der Waals surface area (Å²) in [5.74, 6) is 0.0379. The molecule has 0 aliphatic carbocycles. The third-order valence-electron chi connectivity index (χ3n) is 5.24. The lowest BCUT2D eigenvalue weighted by Crippen LogP contribution is -2.47. The van der Waals surface area contributed by atoms with Crippen LogP contribution in [0.2, 0.25) is 0 Å². The molecule has 0 bridgehead atoms. The second-order valence-corrected chi connectivity index (χ2v) is 7.17. The zero-order chi connectivity index (χ0) is 20.1. The highest BCUT2D eigenvalue weighted by atomic mass is 16.2. The maximum absolute atomic E-state index is 12.6. The van der Waals surface area contributed by atoms with Crippen molar-refractivity contribution in [3.63, 3.8) is 0 Å². The minimum Gasteiger partial charge on any atom is -0.337 e. The molecule has 0 N–H and O–H groups in total. The first kappa shape index (κ1) is 18.9. The van der Waals surface area contributed by atoms with E-state index in [1.165, 1.54) is 5.56 Å². The standard InChI is InChI=1S/C24H22N4O/c25-17-19-6-8-20(9-7-19)18-27-13-15-28(16-14-27)23(29)11-10-22-4-1-3-21-5-2-12-26-24(21)22/h1-12H,13-16,18H2. The van der Waals surface area contributed by atoms with Gasteiger partial charge in [0, 0.05) is 55.9 Å². The van der Waals surface area contributed by atoms with Crippen LogP contribution >= 0.6 is 0 Å². The van der Waals surface area contributed by atoms with Crippen LogP contribution in [0.4, 0.5) is 0 Å². The molecule has 1 aliphatic rings. The third kappa shape index (κ3) is 4.50. The number of aromatic nitrogens is 1. The fraction of sp³-hybridized carbons (Fsp3) is 0.208. The van der Waals surface area contributed by atoms with Crippen molar-refractivity contribution in [3.05, 3.63) is 83.6 Å². The van der Waals surface area contributed by atoms with Crippen molar-refractivity contribution in [2.75, 3.05) is 26.2 Å². The molecule has 1 fully saturated rings. The molecule has 3 aromatic rings. The normalized spacial score (nSPS) is 14.9. The summed E-state index contributed by atoms with van der Waals surface area (Å²) in [7, 11) is 0. The topological polar surface area (TPSA) is 60.2 Å². The van der Waals surface area contributed by atoms with Crippen LogP contribution in [-0.4, -0.2) is 46.9 Å². The lowest BCUT2D eigenvalue weighted by atomic mass is 10.1. The van der Waals surface area contributed by atoms with Crippen molar-refractivity contribution in [2.24, 2.45) is 0 Å². The first-order valence-corrected chi connectivity index (χ1v) is 9.75. The van der Waals surface area contributed by atoms with Crippen LogP contribution in [-0.2, 0) is 11.3 Å². The van der Waals surface area contributed by atoms with Gasteiger partial charge in [0.15, 0.2) is 0 Å². The number of para-hydroxylation sites is 1. The second-order valence-electron chi connectivity index (χ2n) is 7.17. The summed E-state index contributed by atoms with van der Waals surface area (Å²) < 4.78 is 0. The average molecular weight is 382 g/mol. The van der Waals surface area contributed by atoms with E-state index in [4.69, 9.17) is 5.26 Å². The zero-order valence-electron chi connectivity index (χ0n) is 16.2. The number of piperazine rings is 1. The van der Waals surface area contributed by atoms with Crippen molar-refractivity contribution in [1.82, 2.24) is 14.8 Å². The summed E-state index contributed by atoms with van der Waals surface area (Å²) in [6.07, 6.45) is 5.29. The van der Waals surface area contributed by atoms with Gasteiger partial charge in [-0.25, -0.2) is 0 Å². The molecule has 0 unspecified atom stereocenters. The van der Waals surface area contributed by atoms with Crippen LogP contribution in [0.5, 0.6) is 0 Å². The Balaban J connectivity index is 1.34. The molecule has 144 valence electrons. The highest BCUT2D eigenvalue weighted by Gasteiger charge is 2.19. The minimum absolute atomic E-state index is 0.0379. The number of hydrogen-bond acceptors (Lipinski definition) is 4. The van der Waals surface area contributed by atoms with Gasteiger partial charge < -0.3 is 4.90 Å². The molecule has 0 saturated carbocycles. The molecular formula is C24H22N4O. The van der Waals surface area contributed by atoms with Crippen molar-refractivity contribution in [3.8, 4) is 6.07 Å². The van der Waals surface area contributed by atoms with E-state index in [2.05, 4.69) is 16.0 Å². The van der Waals surface area contributed by atoms with Crippen LogP contribution < -0.4 is 0 Å². The monoisotopic (exact) mass is 382 g/mol. The first-order chi connectivity index (χ1) is 14.2. The summed E-state index contributed by atoms with van der Waals surface area (Å²) in [5.41, 5.74) is 3.73. The largest absolute Gasteiger partial charge is 0.337 e. The number of nitrogens with zero attached hydrogens (tertiary/aromatic N) is 4. The molecule has 1 amide bonds. The van der Waals surface area contributed by atoms with Crippen molar-refractivity contribution < 1.29 is 4.79 Å². The Hall–Kier alpha value is -3.49. The maximum Gasteiger partial charge on any atom is 0.246 e. The van der Waals surface area contributed by atoms with Crippen LogP contribution in [0, 0.1) is 11.3 Å². The third-order valence-corrected chi connectivity index (χ3v) is 5.24. The number of pyridine rings is 1. The summed E-state index contributed by atoms with van der Waals surface area (Å²) in [5, 5.41) is 9.96. The number of amides is 1. The van der Waals surface area contributed by atoms with E-state index >= 15 is 0 Å². The van der Waals surface area contributed by atoms with E-state index in [1.807, 2.05) is 65.6 Å². The zero-order valence-corrected chi connectivity index (χ0v) is 16.2. The highest BCUT2D eigenvalue weighted by molar-refractivity contribution is 5.95. The molecule has 2 heterocycles. The molecule has 4 rings (SSSR count). The number of fused-ring (bicyclic) bond motifs is 1. The van der Waals surface area contributed by atoms with Crippen molar-refractivity contribution >= 4 is 22.9 Å². The molecule has 0 spiro atoms. The van der Waals surface area contributed by atoms with Gasteiger partial charge in [0.25, 0.3) is 0 Å². The van der Waals surface area contributed by atoms with Gasteiger partial charge in [0.1, 0.15) is 0 Å². The van der Waals surface area contributed by atoms with Gasteiger partial charge >= 0.3 is 0 Å². The van der Waals surface area contributed by atoms with E-state index in [9.17, 15) is 4.79 Å². The van der Waals surface area contributed by atoms with Gasteiger partial charge in [-0.2, -0.15) is 5.26 Å². The van der Waals surface area contributed by atoms with Crippen LogP contribution in [0.1, 0.15) is 16.7 Å². The Bertz CT molecular complexity index is 1070. The van der Waals surface area contributed by atoms with Gasteiger partial charge in [-0.3, -0.25) is 14.7 Å². The Kier molecular flexibility index (Phi) is 5.64. The lowest BCUT2D eigenvalue weighted by Gasteiger charge is -2.34. The fourth-order valence-corrected chi connectivity index (χ4v) is 3.60.